The molecule has 2 saturated heterocycles. The molecule has 2 unspecified atom stereocenters. The normalized spacial score (nSPS) is 20.8. The van der Waals surface area contributed by atoms with E-state index >= 15 is 0 Å². The number of aromatic nitrogens is 7. The third kappa shape index (κ3) is 3.55. The summed E-state index contributed by atoms with van der Waals surface area (Å²) >= 11 is 0. The largest absolute Gasteiger partial charge is 0.383 e. The van der Waals surface area contributed by atoms with Crippen LogP contribution in [0.3, 0.4) is 0 Å². The number of benzene rings is 1. The average molecular weight is 506 g/mol. The number of carbonyl (C=O) groups excluding carboxylic acids is 1. The predicted octanol–water partition coefficient (Wildman–Crippen LogP) is 4.02. The van der Waals surface area contributed by atoms with Gasteiger partial charge in [0.15, 0.2) is 5.65 Å². The molecular weight excluding hydrogens is 478 g/mol. The van der Waals surface area contributed by atoms with Gasteiger partial charge in [-0.15, -0.1) is 0 Å². The smallest absolute Gasteiger partial charge is 0.291 e. The number of rotatable bonds is 4. The van der Waals surface area contributed by atoms with E-state index in [1.165, 1.54) is 6.33 Å². The number of hydrogen-bond acceptors (Lipinski definition) is 7. The molecule has 5 aromatic rings. The molecule has 2 aliphatic heterocycles. The molecule has 10 nitrogen and oxygen atoms in total. The number of carbonyl (C=O) groups is 1. The minimum absolute atomic E-state index is 0.0716. The van der Waals surface area contributed by atoms with Crippen LogP contribution in [-0.4, -0.2) is 57.7 Å². The van der Waals surface area contributed by atoms with Crippen LogP contribution in [0.1, 0.15) is 53.5 Å². The molecule has 0 saturated carbocycles. The average Bonchev–Trinajstić information content (AvgIpc) is 3.69. The number of nitrogens with zero attached hydrogens (tertiary/aromatic N) is 7. The number of nitrogens with one attached hydrogen (secondary N) is 1. The topological polar surface area (TPSA) is 131 Å². The maximum absolute atomic E-state index is 13.1. The van der Waals surface area contributed by atoms with Crippen LogP contribution in [0.4, 0.5) is 5.82 Å². The van der Waals surface area contributed by atoms with E-state index in [0.29, 0.717) is 11.6 Å². The van der Waals surface area contributed by atoms with E-state index in [0.717, 1.165) is 65.0 Å². The third-order valence-electron chi connectivity index (χ3n) is 8.08. The van der Waals surface area contributed by atoms with Gasteiger partial charge in [0.2, 0.25) is 5.82 Å². The van der Waals surface area contributed by atoms with E-state index < -0.39 is 0 Å². The summed E-state index contributed by atoms with van der Waals surface area (Å²) in [5, 5.41) is 11.1. The fraction of sp³-hybridized carbons (Fsp3) is 0.286. The molecule has 2 atom stereocenters. The van der Waals surface area contributed by atoms with Crippen molar-refractivity contribution in [3.05, 3.63) is 78.3 Å². The first-order valence-electron chi connectivity index (χ1n) is 12.9. The van der Waals surface area contributed by atoms with Crippen molar-refractivity contribution in [3.63, 3.8) is 0 Å². The zero-order chi connectivity index (χ0) is 25.8. The van der Waals surface area contributed by atoms with Crippen molar-refractivity contribution in [1.29, 1.82) is 0 Å². The van der Waals surface area contributed by atoms with Crippen LogP contribution < -0.4 is 5.73 Å². The minimum Gasteiger partial charge on any atom is -0.383 e. The van der Waals surface area contributed by atoms with E-state index in [1.807, 2.05) is 60.6 Å². The molecule has 0 radical (unpaired) electrons. The van der Waals surface area contributed by atoms with Gasteiger partial charge in [-0.3, -0.25) is 14.9 Å². The number of nitrogens with two attached hydrogens (primary N) is 1. The highest BCUT2D eigenvalue weighted by atomic mass is 16.2. The molecule has 4 aromatic heterocycles. The van der Waals surface area contributed by atoms with Gasteiger partial charge < -0.3 is 10.6 Å². The molecule has 7 rings (SSSR count). The summed E-state index contributed by atoms with van der Waals surface area (Å²) in [6.07, 6.45) is 8.70. The fourth-order valence-corrected chi connectivity index (χ4v) is 6.21. The van der Waals surface area contributed by atoms with Gasteiger partial charge in [0.25, 0.3) is 5.91 Å². The Hall–Kier alpha value is -4.60. The molecule has 0 spiro atoms. The molecule has 1 aromatic carbocycles. The molecule has 0 aliphatic carbocycles. The Kier molecular flexibility index (Phi) is 5.20. The highest BCUT2D eigenvalue weighted by Crippen LogP contribution is 2.44. The summed E-state index contributed by atoms with van der Waals surface area (Å²) in [4.78, 5) is 29.0. The number of amides is 1. The van der Waals surface area contributed by atoms with Gasteiger partial charge in [0, 0.05) is 46.5 Å². The second-order valence-electron chi connectivity index (χ2n) is 10.2. The van der Waals surface area contributed by atoms with Gasteiger partial charge in [-0.2, -0.15) is 14.7 Å². The van der Waals surface area contributed by atoms with Gasteiger partial charge in [-0.1, -0.05) is 36.4 Å². The number of aromatic amines is 1. The van der Waals surface area contributed by atoms with Crippen LogP contribution in [0.15, 0.2) is 61.2 Å². The number of fused-ring (bicyclic) bond motifs is 3. The van der Waals surface area contributed by atoms with Gasteiger partial charge in [0.1, 0.15) is 12.1 Å². The second kappa shape index (κ2) is 8.76. The Labute approximate surface area is 218 Å². The lowest BCUT2D eigenvalue weighted by molar-refractivity contribution is 0.0557. The summed E-state index contributed by atoms with van der Waals surface area (Å²) in [5.41, 5.74) is 13.1. The van der Waals surface area contributed by atoms with E-state index in [-0.39, 0.29) is 23.9 Å². The van der Waals surface area contributed by atoms with Crippen molar-refractivity contribution >= 4 is 17.4 Å². The summed E-state index contributed by atoms with van der Waals surface area (Å²) in [6, 6.07) is 14.5. The number of anilines is 1. The minimum atomic E-state index is -0.0716. The van der Waals surface area contributed by atoms with Crippen molar-refractivity contribution in [2.24, 2.45) is 0 Å². The standard InChI is InChI=1S/C28H27N9O/c1-16-24(19-11-20-8-9-21(12-19)36(20)28(38)26-31-15-32-35-26)34-27-22(14-33-37(27)25(16)29)18-7-10-23(30-13-18)17-5-3-2-4-6-17/h2-7,10,13-15,19-21H,8-9,11-12,29H2,1H3,(H,31,32,35). The van der Waals surface area contributed by atoms with Crippen LogP contribution >= 0.6 is 0 Å². The Balaban J connectivity index is 1.22. The molecular formula is C28H27N9O. The molecule has 2 aliphatic rings. The molecule has 6 heterocycles. The molecule has 1 amide bonds. The van der Waals surface area contributed by atoms with Crippen LogP contribution in [0.2, 0.25) is 0 Å². The maximum atomic E-state index is 13.1. The Morgan fingerprint density at radius 2 is 1.79 bits per heavy atom. The zero-order valence-electron chi connectivity index (χ0n) is 21.0. The van der Waals surface area contributed by atoms with Gasteiger partial charge >= 0.3 is 0 Å². The first kappa shape index (κ1) is 22.6. The second-order valence-corrected chi connectivity index (χ2v) is 10.2. The first-order valence-corrected chi connectivity index (χ1v) is 12.9. The van der Waals surface area contributed by atoms with Gasteiger partial charge in [-0.25, -0.2) is 9.97 Å². The maximum Gasteiger partial charge on any atom is 0.291 e. The Bertz CT molecular complexity index is 1610. The number of piperidine rings is 1. The molecule has 2 fully saturated rings. The monoisotopic (exact) mass is 505 g/mol. The van der Waals surface area contributed by atoms with Crippen molar-refractivity contribution in [2.45, 2.75) is 50.6 Å². The first-order chi connectivity index (χ1) is 18.6. The van der Waals surface area contributed by atoms with E-state index in [4.69, 9.17) is 15.7 Å². The lowest BCUT2D eigenvalue weighted by Gasteiger charge is -2.38. The van der Waals surface area contributed by atoms with Crippen molar-refractivity contribution < 1.29 is 4.79 Å². The number of hydrogen-bond donors (Lipinski definition) is 2. The third-order valence-corrected chi connectivity index (χ3v) is 8.08. The fourth-order valence-electron chi connectivity index (χ4n) is 6.21. The van der Waals surface area contributed by atoms with Crippen molar-refractivity contribution in [1.82, 2.24) is 39.7 Å². The number of nitrogen functional groups attached to an aromatic ring is 1. The van der Waals surface area contributed by atoms with E-state index in [9.17, 15) is 4.79 Å². The summed E-state index contributed by atoms with van der Waals surface area (Å²) in [5.74, 6) is 1.03. The predicted molar refractivity (Wildman–Crippen MR) is 142 cm³/mol. The highest BCUT2D eigenvalue weighted by molar-refractivity contribution is 5.91. The molecule has 10 heteroatoms. The molecule has 38 heavy (non-hydrogen) atoms. The number of pyridine rings is 1. The van der Waals surface area contributed by atoms with Crippen molar-refractivity contribution in [2.75, 3.05) is 5.73 Å². The van der Waals surface area contributed by atoms with Crippen LogP contribution in [0.5, 0.6) is 0 Å². The van der Waals surface area contributed by atoms with Gasteiger partial charge in [0.05, 0.1) is 17.6 Å². The quantitative estimate of drug-likeness (QED) is 0.377. The molecule has 190 valence electrons. The Morgan fingerprint density at radius 1 is 1.00 bits per heavy atom. The summed E-state index contributed by atoms with van der Waals surface area (Å²) < 4.78 is 1.72. The van der Waals surface area contributed by atoms with E-state index in [2.05, 4.69) is 26.3 Å². The highest BCUT2D eigenvalue weighted by Gasteiger charge is 2.45. The Morgan fingerprint density at radius 3 is 2.47 bits per heavy atom. The number of H-pyrrole nitrogens is 1. The van der Waals surface area contributed by atoms with Crippen LogP contribution in [0, 0.1) is 6.92 Å². The van der Waals surface area contributed by atoms with Crippen LogP contribution in [-0.2, 0) is 0 Å². The lowest BCUT2D eigenvalue weighted by Crippen LogP contribution is -2.46. The lowest BCUT2D eigenvalue weighted by atomic mass is 9.86. The molecule has 3 N–H and O–H groups in total. The van der Waals surface area contributed by atoms with Crippen LogP contribution in [0.25, 0.3) is 28.0 Å². The zero-order valence-corrected chi connectivity index (χ0v) is 21.0. The molecule has 2 bridgehead atoms. The van der Waals surface area contributed by atoms with Gasteiger partial charge in [-0.05, 0) is 38.7 Å². The summed E-state index contributed by atoms with van der Waals surface area (Å²) in [6.45, 7) is 2.02. The van der Waals surface area contributed by atoms with Crippen molar-refractivity contribution in [3.8, 4) is 22.4 Å². The van der Waals surface area contributed by atoms with E-state index in [1.54, 1.807) is 4.52 Å². The SMILES string of the molecule is Cc1c(C2CC3CCC(C2)N3C(=O)c2ncn[nH]2)nc2c(-c3ccc(-c4ccccc4)nc3)cnn2c1N. The summed E-state index contributed by atoms with van der Waals surface area (Å²) in [7, 11) is 0.